The van der Waals surface area contributed by atoms with Crippen molar-refractivity contribution in [1.29, 1.82) is 0 Å². The summed E-state index contributed by atoms with van der Waals surface area (Å²) < 4.78 is 2.01. The minimum Gasteiger partial charge on any atom is -0.341 e. The zero-order valence-corrected chi connectivity index (χ0v) is 15.2. The number of carbonyl (C=O) groups is 1. The molecular formula is C20H21ClN4O. The van der Waals surface area contributed by atoms with Gasteiger partial charge in [0.15, 0.2) is 0 Å². The minimum atomic E-state index is 0.148. The molecule has 1 aliphatic rings. The molecular weight excluding hydrogens is 348 g/mol. The highest BCUT2D eigenvalue weighted by Crippen LogP contribution is 2.26. The van der Waals surface area contributed by atoms with Crippen molar-refractivity contribution in [3.63, 3.8) is 0 Å². The van der Waals surface area contributed by atoms with Gasteiger partial charge in [-0.25, -0.2) is 4.98 Å². The number of nitrogens with one attached hydrogen (secondary N) is 1. The lowest BCUT2D eigenvalue weighted by atomic mass is 10.1. The molecule has 4 rings (SSSR count). The Labute approximate surface area is 157 Å². The summed E-state index contributed by atoms with van der Waals surface area (Å²) in [7, 11) is 0. The predicted molar refractivity (Wildman–Crippen MR) is 103 cm³/mol. The Bertz CT molecular complexity index is 911. The third-order valence-electron chi connectivity index (χ3n) is 4.76. The highest BCUT2D eigenvalue weighted by molar-refractivity contribution is 6.30. The van der Waals surface area contributed by atoms with Gasteiger partial charge in [0.2, 0.25) is 5.91 Å². The number of hydrogen-bond donors (Lipinski definition) is 1. The van der Waals surface area contributed by atoms with E-state index in [1.807, 2.05) is 58.0 Å². The molecule has 0 unspecified atom stereocenters. The van der Waals surface area contributed by atoms with Gasteiger partial charge in [0.25, 0.3) is 0 Å². The quantitative estimate of drug-likeness (QED) is 0.773. The van der Waals surface area contributed by atoms with E-state index in [9.17, 15) is 4.79 Å². The number of nitrogens with zero attached hydrogens (tertiary/aromatic N) is 3. The summed E-state index contributed by atoms with van der Waals surface area (Å²) in [4.78, 5) is 19.7. The smallest absolute Gasteiger partial charge is 0.228 e. The highest BCUT2D eigenvalue weighted by atomic mass is 35.5. The Hall–Kier alpha value is -2.37. The van der Waals surface area contributed by atoms with Crippen LogP contribution in [0.1, 0.15) is 12.1 Å². The Balaban J connectivity index is 1.71. The topological polar surface area (TPSA) is 49.6 Å². The number of pyridine rings is 1. The van der Waals surface area contributed by atoms with E-state index in [2.05, 4.69) is 5.32 Å². The van der Waals surface area contributed by atoms with Crippen molar-refractivity contribution in [3.05, 3.63) is 59.4 Å². The van der Waals surface area contributed by atoms with Crippen molar-refractivity contribution in [1.82, 2.24) is 19.6 Å². The minimum absolute atomic E-state index is 0.148. The number of halogens is 1. The van der Waals surface area contributed by atoms with E-state index >= 15 is 0 Å². The number of carbonyl (C=O) groups excluding carboxylic acids is 1. The number of imidazole rings is 1. The Morgan fingerprint density at radius 1 is 1.12 bits per heavy atom. The van der Waals surface area contributed by atoms with Crippen molar-refractivity contribution in [2.24, 2.45) is 0 Å². The van der Waals surface area contributed by atoms with Gasteiger partial charge in [0.1, 0.15) is 5.65 Å². The molecule has 2 aromatic heterocycles. The maximum Gasteiger partial charge on any atom is 0.228 e. The molecule has 0 atom stereocenters. The molecule has 0 radical (unpaired) electrons. The van der Waals surface area contributed by atoms with Gasteiger partial charge in [-0.3, -0.25) is 4.79 Å². The van der Waals surface area contributed by atoms with Crippen molar-refractivity contribution >= 4 is 23.2 Å². The summed E-state index contributed by atoms with van der Waals surface area (Å²) in [6.45, 7) is 3.38. The van der Waals surface area contributed by atoms with Crippen LogP contribution in [0.15, 0.2) is 48.7 Å². The summed E-state index contributed by atoms with van der Waals surface area (Å²) in [6.07, 6.45) is 3.29. The van der Waals surface area contributed by atoms with Crippen LogP contribution in [0.4, 0.5) is 0 Å². The molecule has 1 amide bonds. The molecule has 0 saturated carbocycles. The van der Waals surface area contributed by atoms with Crippen LogP contribution in [0, 0.1) is 0 Å². The molecule has 6 heteroatoms. The summed E-state index contributed by atoms with van der Waals surface area (Å²) in [5.41, 5.74) is 3.58. The van der Waals surface area contributed by atoms with Gasteiger partial charge in [0.05, 0.1) is 17.8 Å². The number of benzene rings is 1. The van der Waals surface area contributed by atoms with Crippen LogP contribution < -0.4 is 5.32 Å². The summed E-state index contributed by atoms with van der Waals surface area (Å²) in [6, 6.07) is 13.5. The number of hydrogen-bond acceptors (Lipinski definition) is 3. The van der Waals surface area contributed by atoms with Crippen molar-refractivity contribution < 1.29 is 4.79 Å². The zero-order valence-electron chi connectivity index (χ0n) is 14.5. The second-order valence-corrected chi connectivity index (χ2v) is 6.94. The third kappa shape index (κ3) is 3.45. The lowest BCUT2D eigenvalue weighted by molar-refractivity contribution is -0.130. The Kier molecular flexibility index (Phi) is 4.91. The van der Waals surface area contributed by atoms with Crippen LogP contribution in [-0.2, 0) is 11.2 Å². The molecule has 0 aliphatic carbocycles. The summed E-state index contributed by atoms with van der Waals surface area (Å²) in [5, 5.41) is 4.03. The second-order valence-electron chi connectivity index (χ2n) is 6.50. The lowest BCUT2D eigenvalue weighted by Crippen LogP contribution is -2.35. The van der Waals surface area contributed by atoms with Crippen LogP contribution in [-0.4, -0.2) is 46.4 Å². The first-order valence-corrected chi connectivity index (χ1v) is 9.30. The molecule has 0 bridgehead atoms. The fourth-order valence-electron chi connectivity index (χ4n) is 3.40. The maximum atomic E-state index is 12.9. The van der Waals surface area contributed by atoms with Crippen LogP contribution in [0.5, 0.6) is 0 Å². The Morgan fingerprint density at radius 3 is 2.81 bits per heavy atom. The summed E-state index contributed by atoms with van der Waals surface area (Å²) in [5.74, 6) is 0.148. The predicted octanol–water partition coefficient (Wildman–Crippen LogP) is 3.02. The number of fused-ring (bicyclic) bond motifs is 1. The SMILES string of the molecule is O=C(Cc1c(-c2ccc(Cl)cc2)nc2ccccn12)N1CCCNCC1. The van der Waals surface area contributed by atoms with E-state index in [4.69, 9.17) is 16.6 Å². The maximum absolute atomic E-state index is 12.9. The molecule has 5 nitrogen and oxygen atoms in total. The van der Waals surface area contributed by atoms with Crippen LogP contribution in [0.25, 0.3) is 16.9 Å². The molecule has 1 fully saturated rings. The number of aromatic nitrogens is 2. The highest BCUT2D eigenvalue weighted by Gasteiger charge is 2.21. The van der Waals surface area contributed by atoms with Gasteiger partial charge >= 0.3 is 0 Å². The van der Waals surface area contributed by atoms with Crippen molar-refractivity contribution in [2.75, 3.05) is 26.2 Å². The second kappa shape index (κ2) is 7.48. The first kappa shape index (κ1) is 17.1. The monoisotopic (exact) mass is 368 g/mol. The van der Waals surface area contributed by atoms with Gasteiger partial charge in [-0.1, -0.05) is 29.8 Å². The van der Waals surface area contributed by atoms with Gasteiger partial charge in [-0.15, -0.1) is 0 Å². The van der Waals surface area contributed by atoms with Crippen molar-refractivity contribution in [3.8, 4) is 11.3 Å². The lowest BCUT2D eigenvalue weighted by Gasteiger charge is -2.20. The molecule has 0 spiro atoms. The first-order valence-electron chi connectivity index (χ1n) is 8.93. The van der Waals surface area contributed by atoms with E-state index in [1.54, 1.807) is 0 Å². The van der Waals surface area contributed by atoms with Crippen LogP contribution in [0.2, 0.25) is 5.02 Å². The molecule has 1 aliphatic heterocycles. The molecule has 3 heterocycles. The van der Waals surface area contributed by atoms with E-state index < -0.39 is 0 Å². The van der Waals surface area contributed by atoms with Gasteiger partial charge < -0.3 is 14.6 Å². The van der Waals surface area contributed by atoms with Gasteiger partial charge in [-0.2, -0.15) is 0 Å². The third-order valence-corrected chi connectivity index (χ3v) is 5.01. The molecule has 1 saturated heterocycles. The number of amides is 1. The molecule has 1 N–H and O–H groups in total. The first-order chi connectivity index (χ1) is 12.7. The zero-order chi connectivity index (χ0) is 17.9. The molecule has 3 aromatic rings. The normalized spacial score (nSPS) is 15.2. The fourth-order valence-corrected chi connectivity index (χ4v) is 3.53. The van der Waals surface area contributed by atoms with E-state index in [0.717, 1.165) is 55.2 Å². The van der Waals surface area contributed by atoms with Crippen LogP contribution in [0.3, 0.4) is 0 Å². The molecule has 26 heavy (non-hydrogen) atoms. The van der Waals surface area contributed by atoms with Crippen LogP contribution >= 0.6 is 11.6 Å². The summed E-state index contributed by atoms with van der Waals surface area (Å²) >= 11 is 6.03. The fraction of sp³-hybridized carbons (Fsp3) is 0.300. The van der Waals surface area contributed by atoms with E-state index in [1.165, 1.54) is 0 Å². The van der Waals surface area contributed by atoms with E-state index in [0.29, 0.717) is 11.4 Å². The average molecular weight is 369 g/mol. The van der Waals surface area contributed by atoms with Crippen molar-refractivity contribution in [2.45, 2.75) is 12.8 Å². The standard InChI is InChI=1S/C20H21ClN4O/c21-16-7-5-15(6-8-16)20-17(25-12-2-1-4-18(25)23-20)14-19(26)24-11-3-9-22-10-13-24/h1-2,4-8,12,22H,3,9-11,13-14H2. The Morgan fingerprint density at radius 2 is 1.96 bits per heavy atom. The van der Waals surface area contributed by atoms with Gasteiger partial charge in [0, 0.05) is 36.4 Å². The molecule has 134 valence electrons. The van der Waals surface area contributed by atoms with Gasteiger partial charge in [-0.05, 0) is 37.2 Å². The van der Waals surface area contributed by atoms with E-state index in [-0.39, 0.29) is 5.91 Å². The largest absolute Gasteiger partial charge is 0.341 e. The molecule has 1 aromatic carbocycles. The number of rotatable bonds is 3. The average Bonchev–Trinajstić information content (AvgIpc) is 2.84.